The quantitative estimate of drug-likeness (QED) is 0.756. The van der Waals surface area contributed by atoms with Crippen LogP contribution < -0.4 is 0 Å². The number of Topliss-reactive ketones (excluding diaryl/α,β-unsaturated/α-hetero) is 1. The molecule has 2 atom stereocenters. The number of carbonyl (C=O) groups is 1. The van der Waals surface area contributed by atoms with Crippen molar-refractivity contribution in [1.82, 2.24) is 0 Å². The number of ether oxygens (including phenoxy) is 1. The highest BCUT2D eigenvalue weighted by molar-refractivity contribution is 5.83. The molecule has 1 fully saturated rings. The molecule has 0 spiro atoms. The minimum atomic E-state index is -0.0544. The summed E-state index contributed by atoms with van der Waals surface area (Å²) in [7, 11) is 1.68. The molecule has 1 aliphatic rings. The van der Waals surface area contributed by atoms with Crippen molar-refractivity contribution in [3.05, 3.63) is 35.9 Å². The Kier molecular flexibility index (Phi) is 3.17. The molecule has 1 saturated carbocycles. The lowest BCUT2D eigenvalue weighted by Crippen LogP contribution is -2.18. The summed E-state index contributed by atoms with van der Waals surface area (Å²) in [6, 6.07) is 10.0. The first-order valence-electron chi connectivity index (χ1n) is 5.43. The molecule has 0 saturated heterocycles. The molecule has 80 valence electrons. The van der Waals surface area contributed by atoms with Gasteiger partial charge in [0.15, 0.2) is 0 Å². The Hall–Kier alpha value is -1.15. The Bertz CT molecular complexity index is 332. The largest absolute Gasteiger partial charge is 0.376 e. The lowest BCUT2D eigenvalue weighted by atomic mass is 9.93. The molecule has 0 amide bonds. The van der Waals surface area contributed by atoms with E-state index in [9.17, 15) is 4.79 Å². The predicted octanol–water partition coefficient (Wildman–Crippen LogP) is 2.74. The number of hydrogen-bond donors (Lipinski definition) is 0. The van der Waals surface area contributed by atoms with Crippen LogP contribution in [0.5, 0.6) is 0 Å². The Labute approximate surface area is 90.3 Å². The zero-order valence-corrected chi connectivity index (χ0v) is 8.98. The second-order valence-electron chi connectivity index (χ2n) is 4.03. The molecule has 15 heavy (non-hydrogen) atoms. The first kappa shape index (κ1) is 10.4. The molecule has 0 aromatic heterocycles. The first-order valence-corrected chi connectivity index (χ1v) is 5.43. The van der Waals surface area contributed by atoms with Gasteiger partial charge in [-0.25, -0.2) is 0 Å². The molecule has 2 nitrogen and oxygen atoms in total. The van der Waals surface area contributed by atoms with Crippen molar-refractivity contribution >= 4 is 5.78 Å². The molecule has 0 unspecified atom stereocenters. The Morgan fingerprint density at radius 3 is 2.60 bits per heavy atom. The van der Waals surface area contributed by atoms with Gasteiger partial charge in [-0.1, -0.05) is 30.3 Å². The van der Waals surface area contributed by atoms with Crippen LogP contribution in [0.1, 0.15) is 30.9 Å². The molecule has 2 rings (SSSR count). The van der Waals surface area contributed by atoms with E-state index in [-0.39, 0.29) is 12.0 Å². The zero-order chi connectivity index (χ0) is 10.7. The minimum Gasteiger partial charge on any atom is -0.376 e. The van der Waals surface area contributed by atoms with Crippen LogP contribution in [0.2, 0.25) is 0 Å². The fraction of sp³-hybridized carbons (Fsp3) is 0.462. The lowest BCUT2D eigenvalue weighted by Gasteiger charge is -2.21. The first-order chi connectivity index (χ1) is 7.33. The topological polar surface area (TPSA) is 26.3 Å². The van der Waals surface area contributed by atoms with Gasteiger partial charge in [0, 0.05) is 19.4 Å². The number of benzene rings is 1. The smallest absolute Gasteiger partial charge is 0.138 e. The second kappa shape index (κ2) is 4.58. The van der Waals surface area contributed by atoms with Crippen molar-refractivity contribution in [2.75, 3.05) is 7.11 Å². The molecule has 0 radical (unpaired) electrons. The van der Waals surface area contributed by atoms with Gasteiger partial charge in [-0.2, -0.15) is 0 Å². The third-order valence-corrected chi connectivity index (χ3v) is 3.10. The average Bonchev–Trinajstić information content (AvgIpc) is 2.68. The van der Waals surface area contributed by atoms with Gasteiger partial charge in [-0.15, -0.1) is 0 Å². The van der Waals surface area contributed by atoms with E-state index in [4.69, 9.17) is 4.74 Å². The van der Waals surface area contributed by atoms with Gasteiger partial charge in [-0.05, 0) is 18.4 Å². The van der Waals surface area contributed by atoms with Gasteiger partial charge in [0.05, 0.1) is 6.10 Å². The van der Waals surface area contributed by atoms with Gasteiger partial charge >= 0.3 is 0 Å². The molecular formula is C13H16O2. The number of carbonyl (C=O) groups excluding carboxylic acids is 1. The van der Waals surface area contributed by atoms with Crippen LogP contribution in [-0.2, 0) is 9.53 Å². The summed E-state index contributed by atoms with van der Waals surface area (Å²) >= 11 is 0. The van der Waals surface area contributed by atoms with E-state index in [2.05, 4.69) is 0 Å². The van der Waals surface area contributed by atoms with E-state index in [0.717, 1.165) is 24.8 Å². The van der Waals surface area contributed by atoms with E-state index in [1.165, 1.54) is 0 Å². The van der Waals surface area contributed by atoms with Crippen molar-refractivity contribution in [3.8, 4) is 0 Å². The third-order valence-electron chi connectivity index (χ3n) is 3.10. The third kappa shape index (κ3) is 2.10. The summed E-state index contributed by atoms with van der Waals surface area (Å²) in [6.07, 6.45) is 2.64. The second-order valence-corrected chi connectivity index (χ2v) is 4.03. The maximum atomic E-state index is 11.7. The fourth-order valence-corrected chi connectivity index (χ4v) is 2.34. The van der Waals surface area contributed by atoms with Crippen LogP contribution >= 0.6 is 0 Å². The maximum absolute atomic E-state index is 11.7. The zero-order valence-electron chi connectivity index (χ0n) is 8.98. The maximum Gasteiger partial charge on any atom is 0.138 e. The van der Waals surface area contributed by atoms with Gasteiger partial charge in [0.2, 0.25) is 0 Å². The highest BCUT2D eigenvalue weighted by Crippen LogP contribution is 2.35. The summed E-state index contributed by atoms with van der Waals surface area (Å²) in [5, 5.41) is 0. The molecule has 1 aromatic carbocycles. The van der Waals surface area contributed by atoms with E-state index < -0.39 is 0 Å². The van der Waals surface area contributed by atoms with Crippen molar-refractivity contribution in [1.29, 1.82) is 0 Å². The summed E-state index contributed by atoms with van der Waals surface area (Å²) in [4.78, 5) is 11.7. The van der Waals surface area contributed by atoms with Gasteiger partial charge in [0.25, 0.3) is 0 Å². The molecule has 0 heterocycles. The van der Waals surface area contributed by atoms with Gasteiger partial charge in [-0.3, -0.25) is 4.79 Å². The van der Waals surface area contributed by atoms with Crippen molar-refractivity contribution in [3.63, 3.8) is 0 Å². The average molecular weight is 204 g/mol. The lowest BCUT2D eigenvalue weighted by molar-refractivity contribution is -0.124. The van der Waals surface area contributed by atoms with Crippen LogP contribution in [0.25, 0.3) is 0 Å². The number of ketones is 1. The van der Waals surface area contributed by atoms with E-state index in [0.29, 0.717) is 5.78 Å². The molecular weight excluding hydrogens is 188 g/mol. The highest BCUT2D eigenvalue weighted by Gasteiger charge is 2.32. The van der Waals surface area contributed by atoms with E-state index in [1.807, 2.05) is 30.3 Å². The van der Waals surface area contributed by atoms with Gasteiger partial charge in [0.1, 0.15) is 5.78 Å². The van der Waals surface area contributed by atoms with E-state index >= 15 is 0 Å². The van der Waals surface area contributed by atoms with E-state index in [1.54, 1.807) is 7.11 Å². The van der Waals surface area contributed by atoms with Crippen LogP contribution in [-0.4, -0.2) is 12.9 Å². The summed E-state index contributed by atoms with van der Waals surface area (Å²) in [5.74, 6) is 0.420. The number of methoxy groups -OCH3 is 1. The molecule has 0 bridgehead atoms. The fourth-order valence-electron chi connectivity index (χ4n) is 2.34. The Balaban J connectivity index is 2.20. The SMILES string of the molecule is CO[C@@H](c1ccccc1)[C@@H]1CCCC1=O. The minimum absolute atomic E-state index is 0.0544. The molecule has 0 N–H and O–H groups in total. The normalized spacial score (nSPS) is 23.0. The molecule has 0 aliphatic heterocycles. The Morgan fingerprint density at radius 1 is 1.33 bits per heavy atom. The van der Waals surface area contributed by atoms with Crippen molar-refractivity contribution in [2.24, 2.45) is 5.92 Å². The van der Waals surface area contributed by atoms with Crippen LogP contribution in [0, 0.1) is 5.92 Å². The van der Waals surface area contributed by atoms with Crippen LogP contribution in [0.4, 0.5) is 0 Å². The van der Waals surface area contributed by atoms with Crippen molar-refractivity contribution < 1.29 is 9.53 Å². The molecule has 2 heteroatoms. The standard InChI is InChI=1S/C13H16O2/c1-15-13(10-6-3-2-4-7-10)11-8-5-9-12(11)14/h2-4,6-7,11,13H,5,8-9H2,1H3/t11-,13+/m1/s1. The summed E-state index contributed by atoms with van der Waals surface area (Å²) < 4.78 is 5.47. The summed E-state index contributed by atoms with van der Waals surface area (Å²) in [6.45, 7) is 0. The number of hydrogen-bond acceptors (Lipinski definition) is 2. The summed E-state index contributed by atoms with van der Waals surface area (Å²) in [5.41, 5.74) is 1.11. The van der Waals surface area contributed by atoms with Crippen LogP contribution in [0.3, 0.4) is 0 Å². The number of rotatable bonds is 3. The predicted molar refractivity (Wildman–Crippen MR) is 58.5 cm³/mol. The van der Waals surface area contributed by atoms with Gasteiger partial charge < -0.3 is 4.74 Å². The monoisotopic (exact) mass is 204 g/mol. The molecule has 1 aliphatic carbocycles. The molecule has 1 aromatic rings. The highest BCUT2D eigenvalue weighted by atomic mass is 16.5. The van der Waals surface area contributed by atoms with Crippen LogP contribution in [0.15, 0.2) is 30.3 Å². The van der Waals surface area contributed by atoms with Crippen molar-refractivity contribution in [2.45, 2.75) is 25.4 Å². The Morgan fingerprint density at radius 2 is 2.07 bits per heavy atom.